The summed E-state index contributed by atoms with van der Waals surface area (Å²) in [5, 5.41) is 1.08. The molecule has 1 saturated carbocycles. The summed E-state index contributed by atoms with van der Waals surface area (Å²) in [7, 11) is 1.68. The van der Waals surface area contributed by atoms with Crippen molar-refractivity contribution in [1.82, 2.24) is 9.97 Å². The van der Waals surface area contributed by atoms with E-state index in [1.807, 2.05) is 42.5 Å². The lowest BCUT2D eigenvalue weighted by atomic mass is 9.93. The largest absolute Gasteiger partial charge is 0.497 e. The molecule has 5 nitrogen and oxygen atoms in total. The van der Waals surface area contributed by atoms with E-state index in [9.17, 15) is 0 Å². The van der Waals surface area contributed by atoms with Gasteiger partial charge < -0.3 is 14.1 Å². The van der Waals surface area contributed by atoms with E-state index in [2.05, 4.69) is 23.1 Å². The summed E-state index contributed by atoms with van der Waals surface area (Å²) in [4.78, 5) is 12.4. The molecule has 0 bridgehead atoms. The number of para-hydroxylation sites is 1. The maximum absolute atomic E-state index is 5.73. The second kappa shape index (κ2) is 8.80. The standard InChI is InChI=1S/C26H27N3O2/c1-30-21-15-13-19(14-16-21)25-27-24-12-6-5-11-23(24)26(28-25)29(18-22-10-7-17-31-22)20-8-3-2-4-9-20/h5-7,10-17,20H,2-4,8-9,18H2,1H3. The lowest BCUT2D eigenvalue weighted by Crippen LogP contribution is -2.37. The van der Waals surface area contributed by atoms with E-state index >= 15 is 0 Å². The van der Waals surface area contributed by atoms with Crippen molar-refractivity contribution in [3.8, 4) is 17.1 Å². The number of furan rings is 1. The van der Waals surface area contributed by atoms with Crippen LogP contribution in [-0.2, 0) is 6.54 Å². The Hall–Kier alpha value is -3.34. The number of fused-ring (bicyclic) bond motifs is 1. The van der Waals surface area contributed by atoms with E-state index in [1.165, 1.54) is 32.1 Å². The Balaban J connectivity index is 1.63. The van der Waals surface area contributed by atoms with Crippen LogP contribution in [0.4, 0.5) is 5.82 Å². The smallest absolute Gasteiger partial charge is 0.162 e. The lowest BCUT2D eigenvalue weighted by Gasteiger charge is -2.35. The lowest BCUT2D eigenvalue weighted by molar-refractivity contribution is 0.397. The van der Waals surface area contributed by atoms with Gasteiger partial charge in [-0.15, -0.1) is 0 Å². The molecule has 0 saturated heterocycles. The molecule has 0 unspecified atom stereocenters. The molecule has 2 heterocycles. The summed E-state index contributed by atoms with van der Waals surface area (Å²) in [6, 6.07) is 20.7. The first-order chi connectivity index (χ1) is 15.3. The molecule has 0 spiro atoms. The normalized spacial score (nSPS) is 14.6. The summed E-state index contributed by atoms with van der Waals surface area (Å²) >= 11 is 0. The Morgan fingerprint density at radius 3 is 2.48 bits per heavy atom. The van der Waals surface area contributed by atoms with Crippen LogP contribution in [0.2, 0.25) is 0 Å². The van der Waals surface area contributed by atoms with Crippen molar-refractivity contribution in [2.75, 3.05) is 12.0 Å². The minimum absolute atomic E-state index is 0.445. The van der Waals surface area contributed by atoms with Crippen LogP contribution in [-0.4, -0.2) is 23.1 Å². The fraction of sp³-hybridized carbons (Fsp3) is 0.308. The molecule has 2 aromatic carbocycles. The molecule has 0 aliphatic heterocycles. The highest BCUT2D eigenvalue weighted by Gasteiger charge is 2.26. The molecule has 0 N–H and O–H groups in total. The fourth-order valence-electron chi connectivity index (χ4n) is 4.49. The molecule has 0 radical (unpaired) electrons. The van der Waals surface area contributed by atoms with Gasteiger partial charge in [0, 0.05) is 17.0 Å². The zero-order valence-corrected chi connectivity index (χ0v) is 17.8. The number of rotatable bonds is 6. The van der Waals surface area contributed by atoms with E-state index in [0.29, 0.717) is 12.6 Å². The van der Waals surface area contributed by atoms with E-state index in [1.54, 1.807) is 13.4 Å². The first-order valence-corrected chi connectivity index (χ1v) is 11.0. The Morgan fingerprint density at radius 2 is 1.74 bits per heavy atom. The van der Waals surface area contributed by atoms with Crippen molar-refractivity contribution >= 4 is 16.7 Å². The van der Waals surface area contributed by atoms with Gasteiger partial charge in [0.2, 0.25) is 0 Å². The third-order valence-corrected chi connectivity index (χ3v) is 6.13. The molecular formula is C26H27N3O2. The number of hydrogen-bond donors (Lipinski definition) is 0. The second-order valence-electron chi connectivity index (χ2n) is 8.12. The number of aromatic nitrogens is 2. The third kappa shape index (κ3) is 4.13. The SMILES string of the molecule is COc1ccc(-c2nc(N(Cc3ccco3)C3CCCCC3)c3ccccc3n2)cc1. The van der Waals surface area contributed by atoms with Gasteiger partial charge in [-0.3, -0.25) is 0 Å². The summed E-state index contributed by atoms with van der Waals surface area (Å²) in [6.45, 7) is 0.709. The Morgan fingerprint density at radius 1 is 0.935 bits per heavy atom. The monoisotopic (exact) mass is 413 g/mol. The average Bonchev–Trinajstić information content (AvgIpc) is 3.36. The molecule has 5 rings (SSSR count). The Kier molecular flexibility index (Phi) is 5.57. The summed E-state index contributed by atoms with van der Waals surface area (Å²) in [5.74, 6) is 3.50. The summed E-state index contributed by atoms with van der Waals surface area (Å²) < 4.78 is 11.0. The van der Waals surface area contributed by atoms with Gasteiger partial charge in [-0.25, -0.2) is 9.97 Å². The molecule has 31 heavy (non-hydrogen) atoms. The first-order valence-electron chi connectivity index (χ1n) is 11.0. The zero-order chi connectivity index (χ0) is 21.0. The highest BCUT2D eigenvalue weighted by atomic mass is 16.5. The number of anilines is 1. The van der Waals surface area contributed by atoms with Crippen molar-refractivity contribution in [2.45, 2.75) is 44.7 Å². The van der Waals surface area contributed by atoms with Gasteiger partial charge in [0.25, 0.3) is 0 Å². The maximum atomic E-state index is 5.73. The molecule has 1 fully saturated rings. The highest BCUT2D eigenvalue weighted by Crippen LogP contribution is 2.34. The van der Waals surface area contributed by atoms with Gasteiger partial charge in [-0.05, 0) is 61.4 Å². The van der Waals surface area contributed by atoms with E-state index in [-0.39, 0.29) is 0 Å². The van der Waals surface area contributed by atoms with Crippen molar-refractivity contribution in [3.63, 3.8) is 0 Å². The Labute approximate surface area is 182 Å². The van der Waals surface area contributed by atoms with Gasteiger partial charge >= 0.3 is 0 Å². The molecule has 0 atom stereocenters. The predicted octanol–water partition coefficient (Wildman–Crippen LogP) is 6.24. The van der Waals surface area contributed by atoms with Gasteiger partial charge in [0.1, 0.15) is 17.3 Å². The average molecular weight is 414 g/mol. The summed E-state index contributed by atoms with van der Waals surface area (Å²) in [6.07, 6.45) is 7.93. The molecule has 5 heteroatoms. The van der Waals surface area contributed by atoms with Crippen molar-refractivity contribution in [1.29, 1.82) is 0 Å². The number of nitrogens with zero attached hydrogens (tertiary/aromatic N) is 3. The maximum Gasteiger partial charge on any atom is 0.162 e. The molecule has 0 amide bonds. The molecule has 2 aromatic heterocycles. The van der Waals surface area contributed by atoms with Gasteiger partial charge in [0.05, 0.1) is 25.4 Å². The molecule has 1 aliphatic rings. The quantitative estimate of drug-likeness (QED) is 0.375. The van der Waals surface area contributed by atoms with Crippen LogP contribution >= 0.6 is 0 Å². The summed E-state index contributed by atoms with van der Waals surface area (Å²) in [5.41, 5.74) is 1.94. The van der Waals surface area contributed by atoms with Crippen LogP contribution in [0.5, 0.6) is 5.75 Å². The first kappa shape index (κ1) is 19.6. The van der Waals surface area contributed by atoms with Gasteiger partial charge in [0.15, 0.2) is 5.82 Å². The van der Waals surface area contributed by atoms with Crippen LogP contribution in [0.1, 0.15) is 37.9 Å². The van der Waals surface area contributed by atoms with Crippen LogP contribution in [0, 0.1) is 0 Å². The zero-order valence-electron chi connectivity index (χ0n) is 17.8. The predicted molar refractivity (Wildman–Crippen MR) is 123 cm³/mol. The number of ether oxygens (including phenoxy) is 1. The van der Waals surface area contributed by atoms with Gasteiger partial charge in [-0.2, -0.15) is 0 Å². The molecule has 158 valence electrons. The number of hydrogen-bond acceptors (Lipinski definition) is 5. The van der Waals surface area contributed by atoms with Crippen LogP contribution < -0.4 is 9.64 Å². The van der Waals surface area contributed by atoms with E-state index in [4.69, 9.17) is 19.1 Å². The topological polar surface area (TPSA) is 51.4 Å². The van der Waals surface area contributed by atoms with Crippen LogP contribution in [0.3, 0.4) is 0 Å². The minimum Gasteiger partial charge on any atom is -0.497 e. The number of benzene rings is 2. The Bertz CT molecular complexity index is 1130. The van der Waals surface area contributed by atoms with E-state index in [0.717, 1.165) is 39.6 Å². The molecule has 1 aliphatic carbocycles. The molecular weight excluding hydrogens is 386 g/mol. The third-order valence-electron chi connectivity index (χ3n) is 6.13. The second-order valence-corrected chi connectivity index (χ2v) is 8.12. The van der Waals surface area contributed by atoms with Crippen molar-refractivity contribution in [2.24, 2.45) is 0 Å². The minimum atomic E-state index is 0.445. The van der Waals surface area contributed by atoms with Gasteiger partial charge in [-0.1, -0.05) is 31.4 Å². The van der Waals surface area contributed by atoms with Crippen LogP contribution in [0.25, 0.3) is 22.3 Å². The van der Waals surface area contributed by atoms with Crippen molar-refractivity contribution in [3.05, 3.63) is 72.7 Å². The van der Waals surface area contributed by atoms with Crippen LogP contribution in [0.15, 0.2) is 71.3 Å². The molecule has 4 aromatic rings. The highest BCUT2D eigenvalue weighted by molar-refractivity contribution is 5.91. The number of methoxy groups -OCH3 is 1. The fourth-order valence-corrected chi connectivity index (χ4v) is 4.49. The van der Waals surface area contributed by atoms with Crippen molar-refractivity contribution < 1.29 is 9.15 Å². The van der Waals surface area contributed by atoms with E-state index < -0.39 is 0 Å².